The zero-order valence-corrected chi connectivity index (χ0v) is 14.4. The highest BCUT2D eigenvalue weighted by molar-refractivity contribution is 7.13. The highest BCUT2D eigenvalue weighted by Crippen LogP contribution is 2.60. The van der Waals surface area contributed by atoms with Gasteiger partial charge in [0.05, 0.1) is 0 Å². The summed E-state index contributed by atoms with van der Waals surface area (Å²) in [5.74, 6) is 2.56. The molecule has 4 aliphatic carbocycles. The largest absolute Gasteiger partial charge is 0.298 e. The molecule has 4 aliphatic rings. The van der Waals surface area contributed by atoms with Crippen LogP contribution in [0.4, 0.5) is 5.13 Å². The Morgan fingerprint density at radius 3 is 2.42 bits per heavy atom. The van der Waals surface area contributed by atoms with Gasteiger partial charge >= 0.3 is 0 Å². The average Bonchev–Trinajstić information content (AvgIpc) is 3.07. The lowest BCUT2D eigenvalue weighted by Gasteiger charge is -2.56. The Kier molecular flexibility index (Phi) is 3.27. The van der Waals surface area contributed by atoms with Crippen molar-refractivity contribution in [2.45, 2.75) is 43.9 Å². The standard InChI is InChI=1S/C19H21N3OS/c23-17(22-18-21-3-4-24-18)15-1-2-20-16(8-15)19-9-12-5-13(10-19)7-14(6-12)11-19/h1-4,8,12-14H,5-7,9-11H2,(H,21,22,23). The summed E-state index contributed by atoms with van der Waals surface area (Å²) in [7, 11) is 0. The number of rotatable bonds is 3. The molecule has 1 N–H and O–H groups in total. The van der Waals surface area contributed by atoms with Crippen molar-refractivity contribution in [3.05, 3.63) is 41.2 Å². The number of amides is 1. The van der Waals surface area contributed by atoms with Crippen LogP contribution in [-0.4, -0.2) is 15.9 Å². The maximum absolute atomic E-state index is 12.5. The minimum Gasteiger partial charge on any atom is -0.298 e. The van der Waals surface area contributed by atoms with E-state index in [0.717, 1.165) is 23.4 Å². The maximum Gasteiger partial charge on any atom is 0.257 e. The van der Waals surface area contributed by atoms with Crippen LogP contribution in [0, 0.1) is 17.8 Å². The minimum atomic E-state index is -0.0849. The molecule has 4 bridgehead atoms. The number of anilines is 1. The molecule has 24 heavy (non-hydrogen) atoms. The van der Waals surface area contributed by atoms with Crippen molar-refractivity contribution in [3.8, 4) is 0 Å². The van der Waals surface area contributed by atoms with Gasteiger partial charge in [0.1, 0.15) is 0 Å². The second-order valence-electron chi connectivity index (χ2n) is 7.92. The summed E-state index contributed by atoms with van der Waals surface area (Å²) in [6.07, 6.45) is 11.6. The van der Waals surface area contributed by atoms with Gasteiger partial charge in [-0.25, -0.2) is 4.98 Å². The van der Waals surface area contributed by atoms with E-state index < -0.39 is 0 Å². The van der Waals surface area contributed by atoms with Gasteiger partial charge in [-0.15, -0.1) is 11.3 Å². The van der Waals surface area contributed by atoms with Gasteiger partial charge in [-0.1, -0.05) is 0 Å². The first-order valence-corrected chi connectivity index (χ1v) is 9.75. The van der Waals surface area contributed by atoms with Gasteiger partial charge in [0, 0.05) is 34.4 Å². The van der Waals surface area contributed by atoms with Gasteiger partial charge in [-0.2, -0.15) is 0 Å². The van der Waals surface area contributed by atoms with E-state index in [-0.39, 0.29) is 11.3 Å². The first-order chi connectivity index (χ1) is 11.7. The van der Waals surface area contributed by atoms with E-state index in [1.54, 1.807) is 6.20 Å². The predicted octanol–water partition coefficient (Wildman–Crippen LogP) is 4.26. The Hall–Kier alpha value is -1.75. The molecule has 2 aromatic rings. The topological polar surface area (TPSA) is 54.9 Å². The minimum absolute atomic E-state index is 0.0849. The van der Waals surface area contributed by atoms with E-state index in [1.165, 1.54) is 49.9 Å². The fourth-order valence-corrected chi connectivity index (χ4v) is 6.26. The highest BCUT2D eigenvalue weighted by Gasteiger charge is 2.52. The Bertz CT molecular complexity index is 735. The lowest BCUT2D eigenvalue weighted by Crippen LogP contribution is -2.49. The van der Waals surface area contributed by atoms with Crippen LogP contribution >= 0.6 is 11.3 Å². The van der Waals surface area contributed by atoms with Crippen LogP contribution < -0.4 is 5.32 Å². The third-order valence-electron chi connectivity index (χ3n) is 6.26. The molecule has 4 fully saturated rings. The van der Waals surface area contributed by atoms with E-state index in [9.17, 15) is 4.79 Å². The van der Waals surface area contributed by atoms with Crippen LogP contribution in [-0.2, 0) is 5.41 Å². The van der Waals surface area contributed by atoms with Crippen molar-refractivity contribution in [3.63, 3.8) is 0 Å². The number of thiazole rings is 1. The Morgan fingerprint density at radius 1 is 1.08 bits per heavy atom. The van der Waals surface area contributed by atoms with Gasteiger partial charge in [0.25, 0.3) is 5.91 Å². The molecule has 4 saturated carbocycles. The number of hydrogen-bond donors (Lipinski definition) is 1. The first kappa shape index (κ1) is 14.6. The van der Waals surface area contributed by atoms with Crippen molar-refractivity contribution in [2.75, 3.05) is 5.32 Å². The lowest BCUT2D eigenvalue weighted by atomic mass is 9.48. The maximum atomic E-state index is 12.5. The Labute approximate surface area is 145 Å². The SMILES string of the molecule is O=C(Nc1nccs1)c1ccnc(C23CC4CC(CC(C4)C2)C3)c1. The summed E-state index contributed by atoms with van der Waals surface area (Å²) >= 11 is 1.44. The van der Waals surface area contributed by atoms with Crippen molar-refractivity contribution in [2.24, 2.45) is 17.8 Å². The normalized spacial score (nSPS) is 33.6. The van der Waals surface area contributed by atoms with Crippen LogP contribution in [0.25, 0.3) is 0 Å². The van der Waals surface area contributed by atoms with Crippen LogP contribution in [0.2, 0.25) is 0 Å². The number of carbonyl (C=O) groups excluding carboxylic acids is 1. The average molecular weight is 339 g/mol. The van der Waals surface area contributed by atoms with Crippen molar-refractivity contribution in [1.82, 2.24) is 9.97 Å². The van der Waals surface area contributed by atoms with E-state index in [0.29, 0.717) is 10.7 Å². The third kappa shape index (κ3) is 2.37. The summed E-state index contributed by atoms with van der Waals surface area (Å²) in [5.41, 5.74) is 2.08. The second-order valence-corrected chi connectivity index (χ2v) is 8.81. The Balaban J connectivity index is 1.44. The zero-order valence-electron chi connectivity index (χ0n) is 13.6. The van der Waals surface area contributed by atoms with Crippen molar-refractivity contribution >= 4 is 22.4 Å². The molecule has 6 rings (SSSR count). The molecule has 0 aromatic carbocycles. The van der Waals surface area contributed by atoms with Crippen LogP contribution in [0.3, 0.4) is 0 Å². The molecule has 5 heteroatoms. The van der Waals surface area contributed by atoms with Crippen molar-refractivity contribution in [1.29, 1.82) is 0 Å². The number of nitrogens with one attached hydrogen (secondary N) is 1. The third-order valence-corrected chi connectivity index (χ3v) is 6.95. The summed E-state index contributed by atoms with van der Waals surface area (Å²) in [6.45, 7) is 0. The zero-order chi connectivity index (χ0) is 16.1. The molecule has 0 atom stereocenters. The van der Waals surface area contributed by atoms with E-state index in [1.807, 2.05) is 23.7 Å². The molecular weight excluding hydrogens is 318 g/mol. The molecular formula is C19H21N3OS. The molecule has 2 heterocycles. The molecule has 0 unspecified atom stereocenters. The summed E-state index contributed by atoms with van der Waals surface area (Å²) < 4.78 is 0. The van der Waals surface area contributed by atoms with Crippen LogP contribution in [0.5, 0.6) is 0 Å². The summed E-state index contributed by atoms with van der Waals surface area (Å²) in [6, 6.07) is 3.85. The van der Waals surface area contributed by atoms with Crippen molar-refractivity contribution < 1.29 is 4.79 Å². The van der Waals surface area contributed by atoms with E-state index >= 15 is 0 Å². The molecule has 0 radical (unpaired) electrons. The van der Waals surface area contributed by atoms with E-state index in [4.69, 9.17) is 4.98 Å². The molecule has 2 aromatic heterocycles. The predicted molar refractivity (Wildman–Crippen MR) is 94.2 cm³/mol. The molecule has 4 nitrogen and oxygen atoms in total. The lowest BCUT2D eigenvalue weighted by molar-refractivity contribution is -0.00721. The molecule has 0 spiro atoms. The van der Waals surface area contributed by atoms with Gasteiger partial charge in [0.2, 0.25) is 0 Å². The molecule has 0 saturated heterocycles. The smallest absolute Gasteiger partial charge is 0.257 e. The van der Waals surface area contributed by atoms with Gasteiger partial charge in [-0.05, 0) is 68.4 Å². The van der Waals surface area contributed by atoms with Gasteiger partial charge in [-0.3, -0.25) is 15.1 Å². The fourth-order valence-electron chi connectivity index (χ4n) is 5.74. The summed E-state index contributed by atoms with van der Waals surface area (Å²) in [4.78, 5) is 21.4. The quantitative estimate of drug-likeness (QED) is 0.909. The summed E-state index contributed by atoms with van der Waals surface area (Å²) in [5, 5.41) is 5.39. The molecule has 124 valence electrons. The van der Waals surface area contributed by atoms with Crippen LogP contribution in [0.15, 0.2) is 29.9 Å². The Morgan fingerprint density at radius 2 is 1.79 bits per heavy atom. The van der Waals surface area contributed by atoms with E-state index in [2.05, 4.69) is 10.3 Å². The second kappa shape index (κ2) is 5.38. The number of nitrogens with zero attached hydrogens (tertiary/aromatic N) is 2. The number of aromatic nitrogens is 2. The van der Waals surface area contributed by atoms with Crippen LogP contribution in [0.1, 0.15) is 54.6 Å². The molecule has 1 amide bonds. The van der Waals surface area contributed by atoms with Gasteiger partial charge < -0.3 is 0 Å². The fraction of sp³-hybridized carbons (Fsp3) is 0.526. The first-order valence-electron chi connectivity index (χ1n) is 8.88. The van der Waals surface area contributed by atoms with Gasteiger partial charge in [0.15, 0.2) is 5.13 Å². The number of carbonyl (C=O) groups is 1. The highest BCUT2D eigenvalue weighted by atomic mass is 32.1. The number of pyridine rings is 1. The molecule has 0 aliphatic heterocycles. The monoisotopic (exact) mass is 339 g/mol. The number of hydrogen-bond acceptors (Lipinski definition) is 4.